The average molecular weight is 998 g/mol. The molecule has 13 aromatic rings. The van der Waals surface area contributed by atoms with Crippen molar-refractivity contribution in [3.8, 4) is 44.9 Å². The summed E-state index contributed by atoms with van der Waals surface area (Å²) in [5.74, 6) is 1.67. The smallest absolute Gasteiger partial charge is 0.159 e. The molecule has 366 valence electrons. The molecule has 5 nitrogen and oxygen atoms in total. The Hall–Kier alpha value is -10.4. The topological polar surface area (TPSA) is 32.1 Å². The molecule has 0 saturated carbocycles. The normalized spacial score (nSPS) is 14.3. The zero-order valence-corrected chi connectivity index (χ0v) is 42.3. The molecule has 3 aliphatic rings. The Morgan fingerprint density at radius 3 is 1.69 bits per heavy atom. The number of ether oxygens (including phenoxy) is 1. The Balaban J connectivity index is 0.992. The van der Waals surface area contributed by atoms with Crippen LogP contribution in [0.1, 0.15) is 22.3 Å². The van der Waals surface area contributed by atoms with Gasteiger partial charge in [0.25, 0.3) is 0 Å². The molecule has 0 amide bonds. The van der Waals surface area contributed by atoms with Crippen LogP contribution in [-0.4, -0.2) is 0 Å². The van der Waals surface area contributed by atoms with Crippen LogP contribution in [0.4, 0.5) is 51.2 Å². The van der Waals surface area contributed by atoms with Crippen LogP contribution >= 0.6 is 0 Å². The van der Waals surface area contributed by atoms with Crippen molar-refractivity contribution in [3.05, 3.63) is 307 Å². The standard InChI is InChI=1S/C73H47N3O2/c1-4-21-48(22-5-1)50-41-43-53(44-42-50)74(52-25-8-3-9-26-52)54-45-51(49-23-6-2-7-24-49)46-55(47-54)75(66-37-18-29-57-56-27-11-16-38-67(56)78-72(57)66)65-36-19-32-61-70(65)58-28-10-12-30-59(58)73(61)60-31-13-14-34-63(60)76-64-35-15-17-39-68(64)77-69-40-20-33-62(73)71(69)76/h1-47H. The molecule has 0 bridgehead atoms. The highest BCUT2D eigenvalue weighted by Gasteiger charge is 2.54. The predicted molar refractivity (Wildman–Crippen MR) is 320 cm³/mol. The summed E-state index contributed by atoms with van der Waals surface area (Å²) in [7, 11) is 0. The molecule has 0 N–H and O–H groups in total. The van der Waals surface area contributed by atoms with Gasteiger partial charge in [0, 0.05) is 39.1 Å². The minimum Gasteiger partial charge on any atom is -0.454 e. The van der Waals surface area contributed by atoms with Gasteiger partial charge in [-0.3, -0.25) is 0 Å². The van der Waals surface area contributed by atoms with Crippen LogP contribution in [0.2, 0.25) is 0 Å². The predicted octanol–water partition coefficient (Wildman–Crippen LogP) is 20.1. The number of furan rings is 1. The summed E-state index contributed by atoms with van der Waals surface area (Å²) in [4.78, 5) is 7.28. The lowest BCUT2D eigenvalue weighted by atomic mass is 9.64. The van der Waals surface area contributed by atoms with Gasteiger partial charge in [-0.15, -0.1) is 0 Å². The second-order valence-electron chi connectivity index (χ2n) is 20.3. The summed E-state index contributed by atoms with van der Waals surface area (Å²) in [6.07, 6.45) is 0. The molecule has 1 spiro atoms. The average Bonchev–Trinajstić information content (AvgIpc) is 3.71. The van der Waals surface area contributed by atoms with E-state index in [1.165, 1.54) is 33.4 Å². The number of rotatable bonds is 8. The number of nitrogens with zero attached hydrogens (tertiary/aromatic N) is 3. The maximum absolute atomic E-state index is 7.08. The van der Waals surface area contributed by atoms with Gasteiger partial charge in [-0.25, -0.2) is 0 Å². The van der Waals surface area contributed by atoms with Crippen molar-refractivity contribution >= 4 is 73.1 Å². The van der Waals surface area contributed by atoms with E-state index in [1.54, 1.807) is 0 Å². The van der Waals surface area contributed by atoms with Crippen molar-refractivity contribution in [3.63, 3.8) is 0 Å². The molecule has 1 unspecified atom stereocenters. The SMILES string of the molecule is c1ccc(-c2ccc(N(c3ccccc3)c3cc(-c4ccccc4)cc(N(c4cccc5c4-c4ccccc4C54c5ccccc5N5c6ccccc6Oc6cccc4c65)c4cccc5c4oc4ccccc45)c3)cc2)cc1. The third-order valence-corrected chi connectivity index (χ3v) is 16.2. The van der Waals surface area contributed by atoms with Crippen molar-refractivity contribution in [1.29, 1.82) is 0 Å². The van der Waals surface area contributed by atoms with Crippen molar-refractivity contribution in [2.24, 2.45) is 0 Å². The first-order valence-electron chi connectivity index (χ1n) is 26.7. The molecule has 12 aromatic carbocycles. The Bertz CT molecular complexity index is 4490. The van der Waals surface area contributed by atoms with E-state index in [2.05, 4.69) is 300 Å². The van der Waals surface area contributed by atoms with Crippen molar-refractivity contribution in [2.75, 3.05) is 14.7 Å². The summed E-state index contributed by atoms with van der Waals surface area (Å²) in [5.41, 5.74) is 21.9. The fraction of sp³-hybridized carbons (Fsp3) is 0.0137. The molecule has 3 heterocycles. The second kappa shape index (κ2) is 17.4. The monoisotopic (exact) mass is 997 g/mol. The van der Waals surface area contributed by atoms with Crippen LogP contribution in [-0.2, 0) is 5.41 Å². The Morgan fingerprint density at radius 2 is 0.885 bits per heavy atom. The summed E-state index contributed by atoms with van der Waals surface area (Å²) in [5, 5.41) is 2.13. The molecule has 16 rings (SSSR count). The zero-order chi connectivity index (χ0) is 51.3. The van der Waals surface area contributed by atoms with Crippen LogP contribution in [0.5, 0.6) is 11.5 Å². The first-order valence-corrected chi connectivity index (χ1v) is 26.7. The van der Waals surface area contributed by atoms with Gasteiger partial charge in [-0.2, -0.15) is 0 Å². The van der Waals surface area contributed by atoms with Gasteiger partial charge in [0.05, 0.1) is 33.9 Å². The summed E-state index contributed by atoms with van der Waals surface area (Å²) < 4.78 is 13.9. The molecule has 5 heteroatoms. The number of anilines is 9. The first kappa shape index (κ1) is 44.0. The molecular formula is C73H47N3O2. The van der Waals surface area contributed by atoms with Crippen molar-refractivity contribution in [2.45, 2.75) is 5.41 Å². The Morgan fingerprint density at radius 1 is 0.333 bits per heavy atom. The van der Waals surface area contributed by atoms with Gasteiger partial charge >= 0.3 is 0 Å². The molecule has 0 saturated heterocycles. The quantitative estimate of drug-likeness (QED) is 0.151. The fourth-order valence-electron chi connectivity index (χ4n) is 13.0. The Labute approximate surface area is 452 Å². The van der Waals surface area contributed by atoms with Gasteiger partial charge in [0.15, 0.2) is 17.1 Å². The highest BCUT2D eigenvalue weighted by atomic mass is 16.5. The van der Waals surface area contributed by atoms with E-state index in [0.29, 0.717) is 0 Å². The number of hydrogen-bond donors (Lipinski definition) is 0. The van der Waals surface area contributed by atoms with Gasteiger partial charge in [-0.1, -0.05) is 200 Å². The van der Waals surface area contributed by atoms with E-state index < -0.39 is 5.41 Å². The minimum absolute atomic E-state index is 0.722. The van der Waals surface area contributed by atoms with Crippen LogP contribution in [0.25, 0.3) is 55.3 Å². The maximum atomic E-state index is 7.08. The molecule has 2 aliphatic heterocycles. The lowest BCUT2D eigenvalue weighted by Gasteiger charge is -2.47. The lowest BCUT2D eigenvalue weighted by Crippen LogP contribution is -2.37. The van der Waals surface area contributed by atoms with E-state index in [4.69, 9.17) is 9.15 Å². The third kappa shape index (κ3) is 6.49. The number of fused-ring (bicyclic) bond motifs is 14. The molecular weight excluding hydrogens is 951 g/mol. The summed E-state index contributed by atoms with van der Waals surface area (Å²) in [6.45, 7) is 0. The minimum atomic E-state index is -0.722. The number of para-hydroxylation sites is 7. The number of hydrogen-bond acceptors (Lipinski definition) is 5. The van der Waals surface area contributed by atoms with Crippen molar-refractivity contribution in [1.82, 2.24) is 0 Å². The van der Waals surface area contributed by atoms with Crippen LogP contribution in [0.15, 0.2) is 290 Å². The third-order valence-electron chi connectivity index (χ3n) is 16.2. The van der Waals surface area contributed by atoms with E-state index in [0.717, 1.165) is 107 Å². The lowest BCUT2D eigenvalue weighted by molar-refractivity contribution is 0.473. The van der Waals surface area contributed by atoms with Crippen LogP contribution in [0.3, 0.4) is 0 Å². The zero-order valence-electron chi connectivity index (χ0n) is 42.3. The second-order valence-corrected chi connectivity index (χ2v) is 20.3. The Kier molecular flexibility index (Phi) is 9.78. The van der Waals surface area contributed by atoms with Gasteiger partial charge < -0.3 is 23.9 Å². The van der Waals surface area contributed by atoms with Gasteiger partial charge in [0.1, 0.15) is 5.58 Å². The molecule has 1 aliphatic carbocycles. The molecule has 0 fully saturated rings. The molecule has 78 heavy (non-hydrogen) atoms. The summed E-state index contributed by atoms with van der Waals surface area (Å²) in [6, 6.07) is 103. The van der Waals surface area contributed by atoms with Gasteiger partial charge in [0.2, 0.25) is 0 Å². The van der Waals surface area contributed by atoms with E-state index in [9.17, 15) is 0 Å². The fourth-order valence-corrected chi connectivity index (χ4v) is 13.0. The molecule has 1 aromatic heterocycles. The highest BCUT2D eigenvalue weighted by Crippen LogP contribution is 2.68. The van der Waals surface area contributed by atoms with Crippen LogP contribution in [0, 0.1) is 0 Å². The molecule has 1 atom stereocenters. The molecule has 0 radical (unpaired) electrons. The first-order chi connectivity index (χ1) is 38.7. The van der Waals surface area contributed by atoms with E-state index in [1.807, 2.05) is 0 Å². The number of benzene rings is 12. The van der Waals surface area contributed by atoms with E-state index >= 15 is 0 Å². The largest absolute Gasteiger partial charge is 0.454 e. The van der Waals surface area contributed by atoms with Crippen LogP contribution < -0.4 is 19.4 Å². The van der Waals surface area contributed by atoms with Crippen molar-refractivity contribution < 1.29 is 9.15 Å². The van der Waals surface area contributed by atoms with E-state index in [-0.39, 0.29) is 0 Å². The van der Waals surface area contributed by atoms with Gasteiger partial charge in [-0.05, 0) is 135 Å². The highest BCUT2D eigenvalue weighted by molar-refractivity contribution is 6.12. The maximum Gasteiger partial charge on any atom is 0.159 e. The summed E-state index contributed by atoms with van der Waals surface area (Å²) >= 11 is 0.